The first kappa shape index (κ1) is 15.7. The Balaban J connectivity index is 2.35. The van der Waals surface area contributed by atoms with Crippen LogP contribution >= 0.6 is 11.8 Å². The van der Waals surface area contributed by atoms with E-state index in [1.807, 2.05) is 24.0 Å². The Morgan fingerprint density at radius 1 is 1.45 bits per heavy atom. The van der Waals surface area contributed by atoms with Crippen molar-refractivity contribution in [3.8, 4) is 0 Å². The maximum atomic E-state index is 12.3. The van der Waals surface area contributed by atoms with Crippen LogP contribution in [0.3, 0.4) is 0 Å². The number of nitrogens with zero attached hydrogens (tertiary/aromatic N) is 1. The van der Waals surface area contributed by atoms with Crippen LogP contribution in [0.25, 0.3) is 0 Å². The molecule has 1 unspecified atom stereocenters. The SMILES string of the molecule is CCS(=O)(=O)C1CSCCN1c1ccc(CN)c(C)c1. The van der Waals surface area contributed by atoms with Crippen LogP contribution in [0.1, 0.15) is 18.1 Å². The van der Waals surface area contributed by atoms with Gasteiger partial charge < -0.3 is 10.6 Å². The highest BCUT2D eigenvalue weighted by molar-refractivity contribution is 8.01. The van der Waals surface area contributed by atoms with E-state index >= 15 is 0 Å². The van der Waals surface area contributed by atoms with Crippen LogP contribution < -0.4 is 10.6 Å². The molecule has 1 atom stereocenters. The Labute approximate surface area is 125 Å². The lowest BCUT2D eigenvalue weighted by molar-refractivity contribution is 0.579. The molecule has 0 aromatic heterocycles. The molecule has 0 aliphatic carbocycles. The lowest BCUT2D eigenvalue weighted by atomic mass is 10.1. The second-order valence-electron chi connectivity index (χ2n) is 4.99. The van der Waals surface area contributed by atoms with Gasteiger partial charge in [-0.05, 0) is 30.2 Å². The van der Waals surface area contributed by atoms with Crippen molar-refractivity contribution < 1.29 is 8.42 Å². The Morgan fingerprint density at radius 3 is 2.80 bits per heavy atom. The first-order chi connectivity index (χ1) is 9.49. The second-order valence-corrected chi connectivity index (χ2v) is 8.59. The van der Waals surface area contributed by atoms with Crippen LogP contribution in [0.2, 0.25) is 0 Å². The molecule has 1 saturated heterocycles. The summed E-state index contributed by atoms with van der Waals surface area (Å²) in [4.78, 5) is 2.03. The molecule has 1 aliphatic heterocycles. The van der Waals surface area contributed by atoms with Gasteiger partial charge in [-0.15, -0.1) is 0 Å². The van der Waals surface area contributed by atoms with Crippen LogP contribution in [0, 0.1) is 6.92 Å². The zero-order chi connectivity index (χ0) is 14.8. The highest BCUT2D eigenvalue weighted by Gasteiger charge is 2.33. The van der Waals surface area contributed by atoms with E-state index in [4.69, 9.17) is 5.73 Å². The van der Waals surface area contributed by atoms with Gasteiger partial charge in [-0.3, -0.25) is 0 Å². The van der Waals surface area contributed by atoms with Crippen LogP contribution in [0.15, 0.2) is 18.2 Å². The lowest BCUT2D eigenvalue weighted by Gasteiger charge is -2.36. The van der Waals surface area contributed by atoms with Crippen molar-refractivity contribution in [1.82, 2.24) is 0 Å². The normalized spacial score (nSPS) is 20.1. The molecule has 0 amide bonds. The lowest BCUT2D eigenvalue weighted by Crippen LogP contribution is -2.48. The minimum absolute atomic E-state index is 0.189. The van der Waals surface area contributed by atoms with Gasteiger partial charge in [0.2, 0.25) is 0 Å². The Hall–Kier alpha value is -0.720. The van der Waals surface area contributed by atoms with Crippen molar-refractivity contribution in [2.24, 2.45) is 5.73 Å². The minimum atomic E-state index is -3.07. The summed E-state index contributed by atoms with van der Waals surface area (Å²) in [6, 6.07) is 6.04. The van der Waals surface area contributed by atoms with E-state index in [2.05, 4.69) is 6.07 Å². The number of aryl methyl sites for hydroxylation is 1. The predicted molar refractivity (Wildman–Crippen MR) is 87.0 cm³/mol. The zero-order valence-electron chi connectivity index (χ0n) is 12.0. The summed E-state index contributed by atoms with van der Waals surface area (Å²) in [5, 5.41) is -0.408. The van der Waals surface area contributed by atoms with Crippen LogP contribution in [-0.4, -0.2) is 37.6 Å². The van der Waals surface area contributed by atoms with Gasteiger partial charge >= 0.3 is 0 Å². The zero-order valence-corrected chi connectivity index (χ0v) is 13.6. The summed E-state index contributed by atoms with van der Waals surface area (Å²) in [5.41, 5.74) is 8.90. The van der Waals surface area contributed by atoms with Crippen LogP contribution in [0.5, 0.6) is 0 Å². The van der Waals surface area contributed by atoms with Gasteiger partial charge in [0.05, 0.1) is 0 Å². The van der Waals surface area contributed by atoms with E-state index in [9.17, 15) is 8.42 Å². The molecule has 20 heavy (non-hydrogen) atoms. The third kappa shape index (κ3) is 3.13. The van der Waals surface area contributed by atoms with Crippen molar-refractivity contribution in [3.63, 3.8) is 0 Å². The third-order valence-electron chi connectivity index (χ3n) is 3.78. The molecule has 1 aromatic rings. The van der Waals surface area contributed by atoms with E-state index in [1.54, 1.807) is 18.7 Å². The van der Waals surface area contributed by atoms with Crippen molar-refractivity contribution in [1.29, 1.82) is 0 Å². The van der Waals surface area contributed by atoms with Gasteiger partial charge in [0.15, 0.2) is 9.84 Å². The molecule has 0 spiro atoms. The highest BCUT2D eigenvalue weighted by atomic mass is 32.2. The molecule has 1 heterocycles. The van der Waals surface area contributed by atoms with Crippen molar-refractivity contribution in [2.75, 3.05) is 28.7 Å². The molecule has 0 saturated carbocycles. The van der Waals surface area contributed by atoms with Crippen molar-refractivity contribution >= 4 is 27.3 Å². The number of sulfone groups is 1. The standard InChI is InChI=1S/C14H22N2O2S2/c1-3-20(17,18)14-10-19-7-6-16(14)13-5-4-12(9-15)11(2)8-13/h4-5,8,14H,3,6-7,9-10,15H2,1-2H3. The van der Waals surface area contributed by atoms with Gasteiger partial charge in [-0.2, -0.15) is 11.8 Å². The molecular weight excluding hydrogens is 292 g/mol. The summed E-state index contributed by atoms with van der Waals surface area (Å²) >= 11 is 1.71. The Morgan fingerprint density at radius 2 is 2.20 bits per heavy atom. The summed E-state index contributed by atoms with van der Waals surface area (Å²) in [6.45, 7) is 5.03. The quantitative estimate of drug-likeness (QED) is 0.917. The highest BCUT2D eigenvalue weighted by Crippen LogP contribution is 2.28. The molecule has 2 N–H and O–H groups in total. The van der Waals surface area contributed by atoms with Gasteiger partial charge in [-0.1, -0.05) is 13.0 Å². The summed E-state index contributed by atoms with van der Waals surface area (Å²) in [5.74, 6) is 1.80. The van der Waals surface area contributed by atoms with Gasteiger partial charge in [0.25, 0.3) is 0 Å². The Bertz CT molecular complexity index is 573. The van der Waals surface area contributed by atoms with Gasteiger partial charge in [0.1, 0.15) is 5.37 Å². The maximum absolute atomic E-state index is 12.3. The molecular formula is C14H22N2O2S2. The van der Waals surface area contributed by atoms with Crippen LogP contribution in [-0.2, 0) is 16.4 Å². The topological polar surface area (TPSA) is 63.4 Å². The van der Waals surface area contributed by atoms with Gasteiger partial charge in [0, 0.05) is 36.0 Å². The number of thioether (sulfide) groups is 1. The molecule has 0 radical (unpaired) electrons. The number of rotatable bonds is 4. The van der Waals surface area contributed by atoms with E-state index in [1.165, 1.54) is 0 Å². The predicted octanol–water partition coefficient (Wildman–Crippen LogP) is 1.77. The molecule has 2 rings (SSSR count). The third-order valence-corrected chi connectivity index (χ3v) is 7.07. The fourth-order valence-corrected chi connectivity index (χ4v) is 5.45. The maximum Gasteiger partial charge on any atom is 0.171 e. The minimum Gasteiger partial charge on any atom is -0.353 e. The van der Waals surface area contributed by atoms with E-state index < -0.39 is 15.2 Å². The molecule has 6 heteroatoms. The number of anilines is 1. The summed E-state index contributed by atoms with van der Waals surface area (Å²) < 4.78 is 24.5. The largest absolute Gasteiger partial charge is 0.353 e. The molecule has 112 valence electrons. The van der Waals surface area contributed by atoms with Crippen LogP contribution in [0.4, 0.5) is 5.69 Å². The fourth-order valence-electron chi connectivity index (χ4n) is 2.45. The second kappa shape index (κ2) is 6.37. The van der Waals surface area contributed by atoms with E-state index in [0.717, 1.165) is 29.1 Å². The number of hydrogen-bond donors (Lipinski definition) is 1. The smallest absolute Gasteiger partial charge is 0.171 e. The Kier molecular flexibility index (Phi) is 4.99. The first-order valence-electron chi connectivity index (χ1n) is 6.85. The molecule has 1 fully saturated rings. The fraction of sp³-hybridized carbons (Fsp3) is 0.571. The first-order valence-corrected chi connectivity index (χ1v) is 9.72. The molecule has 0 bridgehead atoms. The molecule has 1 aromatic carbocycles. The number of nitrogens with two attached hydrogens (primary N) is 1. The molecule has 1 aliphatic rings. The summed E-state index contributed by atoms with van der Waals surface area (Å²) in [7, 11) is -3.07. The van der Waals surface area contributed by atoms with E-state index in [-0.39, 0.29) is 5.75 Å². The van der Waals surface area contributed by atoms with Gasteiger partial charge in [-0.25, -0.2) is 8.42 Å². The molecule has 4 nitrogen and oxygen atoms in total. The van der Waals surface area contributed by atoms with Crippen molar-refractivity contribution in [2.45, 2.75) is 25.8 Å². The summed E-state index contributed by atoms with van der Waals surface area (Å²) in [6.07, 6.45) is 0. The number of hydrogen-bond acceptors (Lipinski definition) is 5. The average molecular weight is 314 g/mol. The van der Waals surface area contributed by atoms with Crippen molar-refractivity contribution in [3.05, 3.63) is 29.3 Å². The van der Waals surface area contributed by atoms with E-state index in [0.29, 0.717) is 12.3 Å². The number of benzene rings is 1. The average Bonchev–Trinajstić information content (AvgIpc) is 2.47. The monoisotopic (exact) mass is 314 g/mol.